The smallest absolute Gasteiger partial charge is 0.0572 e. The third kappa shape index (κ3) is 2.57. The zero-order valence-corrected chi connectivity index (χ0v) is 6.50. The Bertz CT molecular complexity index is 208. The summed E-state index contributed by atoms with van der Waals surface area (Å²) in [5.41, 5.74) is 10.2. The van der Waals surface area contributed by atoms with E-state index in [2.05, 4.69) is 5.48 Å². The van der Waals surface area contributed by atoms with Gasteiger partial charge in [0.15, 0.2) is 0 Å². The molecule has 0 atom stereocenters. The molecule has 11 heavy (non-hydrogen) atoms. The topological polar surface area (TPSA) is 47.3 Å². The quantitative estimate of drug-likeness (QED) is 0.500. The van der Waals surface area contributed by atoms with Crippen molar-refractivity contribution in [3.8, 4) is 0 Å². The highest BCUT2D eigenvalue weighted by molar-refractivity contribution is 5.39. The molecular formula is C8H12N2O. The predicted octanol–water partition coefficient (Wildman–Crippen LogP) is 0.920. The van der Waals surface area contributed by atoms with E-state index < -0.39 is 0 Å². The van der Waals surface area contributed by atoms with Crippen LogP contribution in [0.4, 0.5) is 5.69 Å². The van der Waals surface area contributed by atoms with E-state index in [1.54, 1.807) is 7.11 Å². The van der Waals surface area contributed by atoms with Crippen molar-refractivity contribution >= 4 is 5.69 Å². The second-order valence-corrected chi connectivity index (χ2v) is 2.27. The van der Waals surface area contributed by atoms with Gasteiger partial charge >= 0.3 is 0 Å². The Morgan fingerprint density at radius 1 is 1.36 bits per heavy atom. The number of nitrogens with two attached hydrogens (primary N) is 1. The second kappa shape index (κ2) is 3.95. The summed E-state index contributed by atoms with van der Waals surface area (Å²) >= 11 is 0. The highest BCUT2D eigenvalue weighted by Gasteiger charge is 1.89. The first-order valence-corrected chi connectivity index (χ1v) is 3.43. The molecule has 0 heterocycles. The lowest BCUT2D eigenvalue weighted by Gasteiger charge is -2.01. The van der Waals surface area contributed by atoms with Crippen LogP contribution in [0.2, 0.25) is 0 Å². The molecule has 0 aliphatic heterocycles. The summed E-state index contributed by atoms with van der Waals surface area (Å²) in [6.07, 6.45) is 0. The maximum absolute atomic E-state index is 5.50. The summed E-state index contributed by atoms with van der Waals surface area (Å²) in [5, 5.41) is 0. The first kappa shape index (κ1) is 8.04. The van der Waals surface area contributed by atoms with Gasteiger partial charge in [0.2, 0.25) is 0 Å². The predicted molar refractivity (Wildman–Crippen MR) is 44.7 cm³/mol. The fraction of sp³-hybridized carbons (Fsp3) is 0.250. The normalized spacial score (nSPS) is 9.91. The van der Waals surface area contributed by atoms with Crippen molar-refractivity contribution in [2.45, 2.75) is 6.54 Å². The van der Waals surface area contributed by atoms with Gasteiger partial charge in [0.05, 0.1) is 7.11 Å². The van der Waals surface area contributed by atoms with Crippen LogP contribution in [0.15, 0.2) is 24.3 Å². The van der Waals surface area contributed by atoms with Crippen LogP contribution in [0.5, 0.6) is 0 Å². The molecule has 0 amide bonds. The Balaban J connectivity index is 2.52. The Labute approximate surface area is 66.1 Å². The third-order valence-corrected chi connectivity index (χ3v) is 1.40. The maximum atomic E-state index is 5.50. The standard InChI is InChI=1S/C8H12N2O/c1-11-10-6-7-2-4-8(9)5-3-7/h2-5,10H,6,9H2,1H3. The molecule has 0 bridgehead atoms. The molecular weight excluding hydrogens is 140 g/mol. The van der Waals surface area contributed by atoms with Gasteiger partial charge in [-0.25, -0.2) is 0 Å². The van der Waals surface area contributed by atoms with E-state index in [-0.39, 0.29) is 0 Å². The molecule has 0 fully saturated rings. The zero-order chi connectivity index (χ0) is 8.10. The Kier molecular flexibility index (Phi) is 2.89. The molecule has 3 heteroatoms. The fourth-order valence-electron chi connectivity index (χ4n) is 0.791. The molecule has 0 aromatic heterocycles. The number of hydroxylamine groups is 1. The Hall–Kier alpha value is -1.06. The molecule has 0 spiro atoms. The number of nitrogen functional groups attached to an aromatic ring is 1. The van der Waals surface area contributed by atoms with Crippen molar-refractivity contribution in [3.63, 3.8) is 0 Å². The van der Waals surface area contributed by atoms with Gasteiger partial charge in [0, 0.05) is 12.2 Å². The molecule has 1 rings (SSSR count). The molecule has 0 saturated heterocycles. The molecule has 3 nitrogen and oxygen atoms in total. The van der Waals surface area contributed by atoms with Crippen LogP contribution in [-0.2, 0) is 11.4 Å². The lowest BCUT2D eigenvalue weighted by molar-refractivity contribution is 0.0867. The number of rotatable bonds is 3. The number of benzene rings is 1. The van der Waals surface area contributed by atoms with Crippen LogP contribution in [0.3, 0.4) is 0 Å². The number of anilines is 1. The number of nitrogens with one attached hydrogen (secondary N) is 1. The molecule has 1 aromatic rings. The monoisotopic (exact) mass is 152 g/mol. The minimum atomic E-state index is 0.705. The minimum Gasteiger partial charge on any atom is -0.399 e. The van der Waals surface area contributed by atoms with Gasteiger partial charge in [-0.3, -0.25) is 0 Å². The van der Waals surface area contributed by atoms with Crippen LogP contribution >= 0.6 is 0 Å². The van der Waals surface area contributed by atoms with Gasteiger partial charge in [0.25, 0.3) is 0 Å². The summed E-state index contributed by atoms with van der Waals surface area (Å²) in [4.78, 5) is 4.69. The van der Waals surface area contributed by atoms with E-state index in [4.69, 9.17) is 10.6 Å². The summed E-state index contributed by atoms with van der Waals surface area (Å²) in [6.45, 7) is 0.705. The van der Waals surface area contributed by atoms with E-state index >= 15 is 0 Å². The van der Waals surface area contributed by atoms with E-state index in [1.165, 1.54) is 0 Å². The van der Waals surface area contributed by atoms with Crippen LogP contribution in [-0.4, -0.2) is 7.11 Å². The highest BCUT2D eigenvalue weighted by atomic mass is 16.6. The molecule has 0 aliphatic rings. The minimum absolute atomic E-state index is 0.705. The van der Waals surface area contributed by atoms with Gasteiger partial charge in [-0.2, -0.15) is 5.48 Å². The van der Waals surface area contributed by atoms with Crippen molar-refractivity contribution in [2.75, 3.05) is 12.8 Å². The molecule has 3 N–H and O–H groups in total. The summed E-state index contributed by atoms with van der Waals surface area (Å²) in [6, 6.07) is 7.65. The zero-order valence-electron chi connectivity index (χ0n) is 6.50. The summed E-state index contributed by atoms with van der Waals surface area (Å²) in [7, 11) is 1.59. The SMILES string of the molecule is CONCc1ccc(N)cc1. The van der Waals surface area contributed by atoms with Crippen LogP contribution < -0.4 is 11.2 Å². The lowest BCUT2D eigenvalue weighted by atomic mass is 10.2. The van der Waals surface area contributed by atoms with Gasteiger partial charge in [-0.15, -0.1) is 0 Å². The van der Waals surface area contributed by atoms with Gasteiger partial charge in [-0.1, -0.05) is 12.1 Å². The summed E-state index contributed by atoms with van der Waals surface area (Å²) < 4.78 is 0. The Morgan fingerprint density at radius 2 is 2.00 bits per heavy atom. The van der Waals surface area contributed by atoms with E-state index in [1.807, 2.05) is 24.3 Å². The molecule has 60 valence electrons. The number of hydrogen-bond donors (Lipinski definition) is 2. The first-order valence-electron chi connectivity index (χ1n) is 3.43. The van der Waals surface area contributed by atoms with Crippen LogP contribution in [0, 0.1) is 0 Å². The van der Waals surface area contributed by atoms with Crippen molar-refractivity contribution in [1.82, 2.24) is 5.48 Å². The molecule has 0 aliphatic carbocycles. The van der Waals surface area contributed by atoms with Gasteiger partial charge in [-0.05, 0) is 17.7 Å². The molecule has 0 radical (unpaired) electrons. The lowest BCUT2D eigenvalue weighted by Crippen LogP contribution is -2.10. The van der Waals surface area contributed by atoms with E-state index in [0.717, 1.165) is 11.3 Å². The summed E-state index contributed by atoms with van der Waals surface area (Å²) in [5.74, 6) is 0. The highest BCUT2D eigenvalue weighted by Crippen LogP contribution is 2.04. The van der Waals surface area contributed by atoms with Crippen molar-refractivity contribution in [2.24, 2.45) is 0 Å². The van der Waals surface area contributed by atoms with E-state index in [9.17, 15) is 0 Å². The van der Waals surface area contributed by atoms with Crippen molar-refractivity contribution < 1.29 is 4.84 Å². The number of hydrogen-bond acceptors (Lipinski definition) is 3. The van der Waals surface area contributed by atoms with Crippen molar-refractivity contribution in [1.29, 1.82) is 0 Å². The second-order valence-electron chi connectivity index (χ2n) is 2.27. The molecule has 1 aromatic carbocycles. The van der Waals surface area contributed by atoms with Crippen LogP contribution in [0.1, 0.15) is 5.56 Å². The molecule has 0 unspecified atom stereocenters. The average molecular weight is 152 g/mol. The van der Waals surface area contributed by atoms with Crippen molar-refractivity contribution in [3.05, 3.63) is 29.8 Å². The first-order chi connectivity index (χ1) is 5.33. The van der Waals surface area contributed by atoms with Crippen LogP contribution in [0.25, 0.3) is 0 Å². The Morgan fingerprint density at radius 3 is 2.55 bits per heavy atom. The fourth-order valence-corrected chi connectivity index (χ4v) is 0.791. The largest absolute Gasteiger partial charge is 0.399 e. The molecule has 0 saturated carbocycles. The maximum Gasteiger partial charge on any atom is 0.0572 e. The van der Waals surface area contributed by atoms with Gasteiger partial charge in [0.1, 0.15) is 0 Å². The van der Waals surface area contributed by atoms with Gasteiger partial charge < -0.3 is 10.6 Å². The average Bonchev–Trinajstić information content (AvgIpc) is 2.04. The van der Waals surface area contributed by atoms with E-state index in [0.29, 0.717) is 6.54 Å². The third-order valence-electron chi connectivity index (χ3n) is 1.40.